The number of anilines is 1. The van der Waals surface area contributed by atoms with Crippen molar-refractivity contribution >= 4 is 40.9 Å². The molecule has 0 unspecified atom stereocenters. The SMILES string of the molecule is Cc1cccc(NC(=O)CN2C(=O)NC(=Cc3ccc(-c4ccccc4)s3)C2=O)c1. The molecule has 30 heavy (non-hydrogen) atoms. The van der Waals surface area contributed by atoms with Gasteiger partial charge in [-0.15, -0.1) is 11.3 Å². The minimum Gasteiger partial charge on any atom is -0.325 e. The average molecular weight is 417 g/mol. The van der Waals surface area contributed by atoms with Gasteiger partial charge in [-0.1, -0.05) is 42.5 Å². The average Bonchev–Trinajstić information content (AvgIpc) is 3.29. The largest absolute Gasteiger partial charge is 0.329 e. The number of rotatable bonds is 5. The van der Waals surface area contributed by atoms with Crippen LogP contribution in [0, 0.1) is 6.92 Å². The lowest BCUT2D eigenvalue weighted by Crippen LogP contribution is -2.38. The summed E-state index contributed by atoms with van der Waals surface area (Å²) in [4.78, 5) is 40.0. The van der Waals surface area contributed by atoms with Gasteiger partial charge in [-0.2, -0.15) is 0 Å². The maximum atomic E-state index is 12.6. The van der Waals surface area contributed by atoms with E-state index in [1.165, 1.54) is 11.3 Å². The number of carbonyl (C=O) groups is 3. The van der Waals surface area contributed by atoms with E-state index in [0.717, 1.165) is 25.8 Å². The van der Waals surface area contributed by atoms with Gasteiger partial charge in [0.25, 0.3) is 5.91 Å². The fraction of sp³-hybridized carbons (Fsp3) is 0.0870. The Morgan fingerprint density at radius 1 is 1.07 bits per heavy atom. The van der Waals surface area contributed by atoms with Crippen LogP contribution in [0.1, 0.15) is 10.4 Å². The van der Waals surface area contributed by atoms with Crippen LogP contribution in [0.3, 0.4) is 0 Å². The number of aryl methyl sites for hydroxylation is 1. The first kappa shape index (κ1) is 19.6. The predicted octanol–water partition coefficient (Wildman–Crippen LogP) is 4.25. The summed E-state index contributed by atoms with van der Waals surface area (Å²) in [5, 5.41) is 5.26. The minimum atomic E-state index is -0.606. The Bertz CT molecular complexity index is 1150. The van der Waals surface area contributed by atoms with Crippen LogP contribution in [0.2, 0.25) is 0 Å². The van der Waals surface area contributed by atoms with Crippen molar-refractivity contribution in [3.8, 4) is 10.4 Å². The smallest absolute Gasteiger partial charge is 0.325 e. The van der Waals surface area contributed by atoms with E-state index >= 15 is 0 Å². The summed E-state index contributed by atoms with van der Waals surface area (Å²) >= 11 is 1.52. The van der Waals surface area contributed by atoms with E-state index in [1.807, 2.05) is 67.6 Å². The summed E-state index contributed by atoms with van der Waals surface area (Å²) in [6.45, 7) is 1.56. The van der Waals surface area contributed by atoms with Gasteiger partial charge in [0.15, 0.2) is 0 Å². The molecule has 0 spiro atoms. The lowest BCUT2D eigenvalue weighted by molar-refractivity contribution is -0.127. The second-order valence-corrected chi connectivity index (χ2v) is 7.98. The monoisotopic (exact) mass is 417 g/mol. The molecule has 3 aromatic rings. The van der Waals surface area contributed by atoms with Crippen LogP contribution < -0.4 is 10.6 Å². The third-order valence-corrected chi connectivity index (χ3v) is 5.62. The van der Waals surface area contributed by atoms with Crippen molar-refractivity contribution in [1.29, 1.82) is 0 Å². The topological polar surface area (TPSA) is 78.5 Å². The number of hydrogen-bond acceptors (Lipinski definition) is 4. The van der Waals surface area contributed by atoms with Gasteiger partial charge < -0.3 is 10.6 Å². The maximum Gasteiger partial charge on any atom is 0.329 e. The number of nitrogens with zero attached hydrogens (tertiary/aromatic N) is 1. The molecule has 2 aromatic carbocycles. The normalized spacial score (nSPS) is 14.8. The first-order valence-electron chi connectivity index (χ1n) is 9.36. The first-order valence-corrected chi connectivity index (χ1v) is 10.2. The van der Waals surface area contributed by atoms with Gasteiger partial charge in [0.05, 0.1) is 0 Å². The Hall–Kier alpha value is -3.71. The van der Waals surface area contributed by atoms with E-state index in [2.05, 4.69) is 10.6 Å². The molecule has 1 aromatic heterocycles. The van der Waals surface area contributed by atoms with Gasteiger partial charge >= 0.3 is 6.03 Å². The second kappa shape index (κ2) is 8.34. The van der Waals surface area contributed by atoms with Crippen LogP contribution >= 0.6 is 11.3 Å². The highest BCUT2D eigenvalue weighted by molar-refractivity contribution is 7.16. The molecule has 2 N–H and O–H groups in total. The summed E-state index contributed by atoms with van der Waals surface area (Å²) < 4.78 is 0. The van der Waals surface area contributed by atoms with Crippen LogP contribution in [0.25, 0.3) is 16.5 Å². The van der Waals surface area contributed by atoms with E-state index in [4.69, 9.17) is 0 Å². The number of urea groups is 1. The van der Waals surface area contributed by atoms with Crippen LogP contribution in [0.15, 0.2) is 72.4 Å². The molecular formula is C23H19N3O3S. The van der Waals surface area contributed by atoms with E-state index in [0.29, 0.717) is 5.69 Å². The summed E-state index contributed by atoms with van der Waals surface area (Å²) in [7, 11) is 0. The number of benzene rings is 2. The summed E-state index contributed by atoms with van der Waals surface area (Å²) in [5.41, 5.74) is 2.86. The first-order chi connectivity index (χ1) is 14.5. The Balaban J connectivity index is 1.45. The van der Waals surface area contributed by atoms with Crippen LogP contribution in [0.4, 0.5) is 10.5 Å². The molecule has 1 aliphatic rings. The van der Waals surface area contributed by atoms with Crippen molar-refractivity contribution < 1.29 is 14.4 Å². The number of nitrogens with one attached hydrogen (secondary N) is 2. The Kier molecular flexibility index (Phi) is 5.45. The quantitative estimate of drug-likeness (QED) is 0.481. The van der Waals surface area contributed by atoms with E-state index in [9.17, 15) is 14.4 Å². The predicted molar refractivity (Wildman–Crippen MR) is 118 cm³/mol. The molecule has 0 atom stereocenters. The molecule has 1 saturated heterocycles. The van der Waals surface area contributed by atoms with Crippen molar-refractivity contribution in [3.05, 3.63) is 82.9 Å². The van der Waals surface area contributed by atoms with Crippen molar-refractivity contribution in [1.82, 2.24) is 10.2 Å². The van der Waals surface area contributed by atoms with Gasteiger partial charge in [0.1, 0.15) is 12.2 Å². The molecule has 0 saturated carbocycles. The van der Waals surface area contributed by atoms with Gasteiger partial charge in [-0.3, -0.25) is 9.59 Å². The van der Waals surface area contributed by atoms with Gasteiger partial charge in [-0.25, -0.2) is 9.69 Å². The standard InChI is InChI=1S/C23H19N3O3S/c1-15-6-5-9-17(12-15)24-21(27)14-26-22(28)19(25-23(26)29)13-18-10-11-20(30-18)16-7-3-2-4-8-16/h2-13H,14H2,1H3,(H,24,27)(H,25,29). The zero-order valence-electron chi connectivity index (χ0n) is 16.2. The third-order valence-electron chi connectivity index (χ3n) is 4.54. The molecule has 0 aliphatic carbocycles. The molecule has 4 amide bonds. The van der Waals surface area contributed by atoms with Crippen molar-refractivity contribution in [3.63, 3.8) is 0 Å². The molecule has 7 heteroatoms. The van der Waals surface area contributed by atoms with Crippen molar-refractivity contribution in [2.75, 3.05) is 11.9 Å². The van der Waals surface area contributed by atoms with Crippen LogP contribution in [-0.2, 0) is 9.59 Å². The van der Waals surface area contributed by atoms with E-state index in [1.54, 1.807) is 12.1 Å². The molecular weight excluding hydrogens is 398 g/mol. The van der Waals surface area contributed by atoms with Crippen LogP contribution in [0.5, 0.6) is 0 Å². The molecule has 2 heterocycles. The van der Waals surface area contributed by atoms with Crippen molar-refractivity contribution in [2.45, 2.75) is 6.92 Å². The molecule has 0 radical (unpaired) electrons. The van der Waals surface area contributed by atoms with E-state index in [-0.39, 0.29) is 12.2 Å². The zero-order valence-corrected chi connectivity index (χ0v) is 17.0. The molecule has 150 valence electrons. The lowest BCUT2D eigenvalue weighted by atomic mass is 10.2. The molecule has 6 nitrogen and oxygen atoms in total. The van der Waals surface area contributed by atoms with Crippen molar-refractivity contribution in [2.24, 2.45) is 0 Å². The Labute approximate surface area is 177 Å². The minimum absolute atomic E-state index is 0.157. The second-order valence-electron chi connectivity index (χ2n) is 6.87. The number of thiophene rings is 1. The maximum absolute atomic E-state index is 12.6. The summed E-state index contributed by atoms with van der Waals surface area (Å²) in [6, 6.07) is 20.5. The fourth-order valence-electron chi connectivity index (χ4n) is 3.11. The lowest BCUT2D eigenvalue weighted by Gasteiger charge is -2.12. The molecule has 4 rings (SSSR count). The van der Waals surface area contributed by atoms with E-state index < -0.39 is 17.8 Å². The number of carbonyl (C=O) groups excluding carboxylic acids is 3. The highest BCUT2D eigenvalue weighted by atomic mass is 32.1. The molecule has 0 bridgehead atoms. The number of amides is 4. The molecule has 1 fully saturated rings. The highest BCUT2D eigenvalue weighted by Crippen LogP contribution is 2.29. The third kappa shape index (κ3) is 4.31. The molecule has 1 aliphatic heterocycles. The summed E-state index contributed by atoms with van der Waals surface area (Å²) in [5.74, 6) is -0.957. The highest BCUT2D eigenvalue weighted by Gasteiger charge is 2.35. The number of imide groups is 1. The van der Waals surface area contributed by atoms with Crippen LogP contribution in [-0.4, -0.2) is 29.3 Å². The summed E-state index contributed by atoms with van der Waals surface area (Å²) in [6.07, 6.45) is 1.63. The fourth-order valence-corrected chi connectivity index (χ4v) is 4.07. The van der Waals surface area contributed by atoms with Gasteiger partial charge in [0.2, 0.25) is 5.91 Å². The Morgan fingerprint density at radius 3 is 2.63 bits per heavy atom. The van der Waals surface area contributed by atoms with Gasteiger partial charge in [-0.05, 0) is 48.4 Å². The Morgan fingerprint density at radius 2 is 1.87 bits per heavy atom. The van der Waals surface area contributed by atoms with Gasteiger partial charge in [0, 0.05) is 15.4 Å². The number of hydrogen-bond donors (Lipinski definition) is 2. The zero-order chi connectivity index (χ0) is 21.1.